The molecule has 1 amide bonds. The lowest BCUT2D eigenvalue weighted by Crippen LogP contribution is -2.34. The molecule has 0 aliphatic heterocycles. The van der Waals surface area contributed by atoms with Crippen LogP contribution in [0.5, 0.6) is 0 Å². The van der Waals surface area contributed by atoms with Gasteiger partial charge < -0.3 is 10.6 Å². The minimum Gasteiger partial charge on any atom is -0.351 e. The van der Waals surface area contributed by atoms with Crippen molar-refractivity contribution >= 4 is 5.91 Å². The fourth-order valence-corrected chi connectivity index (χ4v) is 2.07. The Hall–Kier alpha value is -2.27. The van der Waals surface area contributed by atoms with Crippen LogP contribution in [0.3, 0.4) is 0 Å². The maximum absolute atomic E-state index is 13.6. The van der Waals surface area contributed by atoms with Gasteiger partial charge in [0.25, 0.3) is 0 Å². The first kappa shape index (κ1) is 16.1. The third kappa shape index (κ3) is 4.63. The van der Waals surface area contributed by atoms with E-state index in [1.165, 1.54) is 12.1 Å². The molecular formula is C17H18F2N2O. The molecule has 0 aromatic heterocycles. The number of benzene rings is 2. The van der Waals surface area contributed by atoms with Crippen LogP contribution in [0.15, 0.2) is 48.5 Å². The second kappa shape index (κ2) is 7.66. The molecule has 2 aromatic carbocycles. The summed E-state index contributed by atoms with van der Waals surface area (Å²) in [7, 11) is 0. The number of hydrogen-bond donors (Lipinski definition) is 2. The van der Waals surface area contributed by atoms with Crippen LogP contribution in [-0.2, 0) is 11.3 Å². The van der Waals surface area contributed by atoms with E-state index in [0.717, 1.165) is 11.6 Å². The van der Waals surface area contributed by atoms with Gasteiger partial charge in [-0.05, 0) is 18.6 Å². The third-order valence-corrected chi connectivity index (χ3v) is 3.33. The number of carbonyl (C=O) groups excluding carboxylic acids is 1. The highest BCUT2D eigenvalue weighted by molar-refractivity contribution is 5.78. The van der Waals surface area contributed by atoms with Crippen LogP contribution in [-0.4, -0.2) is 12.5 Å². The molecule has 0 fully saturated rings. The van der Waals surface area contributed by atoms with E-state index < -0.39 is 11.6 Å². The molecule has 0 spiro atoms. The van der Waals surface area contributed by atoms with Gasteiger partial charge in [-0.2, -0.15) is 0 Å². The Bertz CT molecular complexity index is 632. The smallest absolute Gasteiger partial charge is 0.234 e. The molecule has 3 nitrogen and oxygen atoms in total. The summed E-state index contributed by atoms with van der Waals surface area (Å²) < 4.78 is 26.5. The van der Waals surface area contributed by atoms with E-state index in [2.05, 4.69) is 10.6 Å². The minimum atomic E-state index is -0.621. The maximum Gasteiger partial charge on any atom is 0.234 e. The summed E-state index contributed by atoms with van der Waals surface area (Å²) in [6, 6.07) is 12.6. The third-order valence-electron chi connectivity index (χ3n) is 3.33. The van der Waals surface area contributed by atoms with E-state index in [0.29, 0.717) is 12.1 Å². The minimum absolute atomic E-state index is 0.0603. The van der Waals surface area contributed by atoms with Crippen molar-refractivity contribution in [1.29, 1.82) is 0 Å². The molecule has 2 N–H and O–H groups in total. The highest BCUT2D eigenvalue weighted by atomic mass is 19.1. The molecule has 0 unspecified atom stereocenters. The Morgan fingerprint density at radius 2 is 1.86 bits per heavy atom. The molecule has 5 heteroatoms. The monoisotopic (exact) mass is 304 g/mol. The predicted molar refractivity (Wildman–Crippen MR) is 81.1 cm³/mol. The van der Waals surface area contributed by atoms with Gasteiger partial charge in [-0.3, -0.25) is 4.79 Å². The van der Waals surface area contributed by atoms with Crippen LogP contribution in [0.4, 0.5) is 8.78 Å². The molecule has 0 saturated heterocycles. The quantitative estimate of drug-likeness (QED) is 0.861. The van der Waals surface area contributed by atoms with Gasteiger partial charge in [-0.25, -0.2) is 8.78 Å². The van der Waals surface area contributed by atoms with Gasteiger partial charge >= 0.3 is 0 Å². The van der Waals surface area contributed by atoms with Crippen LogP contribution in [0, 0.1) is 11.6 Å². The number of nitrogens with one attached hydrogen (secondary N) is 2. The summed E-state index contributed by atoms with van der Waals surface area (Å²) in [5, 5.41) is 5.70. The van der Waals surface area contributed by atoms with Gasteiger partial charge in [0.1, 0.15) is 11.6 Å². The Balaban J connectivity index is 1.80. The van der Waals surface area contributed by atoms with Crippen molar-refractivity contribution < 1.29 is 13.6 Å². The van der Waals surface area contributed by atoms with E-state index in [4.69, 9.17) is 0 Å². The summed E-state index contributed by atoms with van der Waals surface area (Å²) in [6.45, 7) is 2.23. The van der Waals surface area contributed by atoms with Crippen LogP contribution in [0.1, 0.15) is 24.1 Å². The maximum atomic E-state index is 13.6. The Morgan fingerprint density at radius 3 is 2.55 bits per heavy atom. The van der Waals surface area contributed by atoms with Crippen molar-refractivity contribution in [3.63, 3.8) is 0 Å². The molecule has 0 heterocycles. The van der Waals surface area contributed by atoms with Crippen molar-refractivity contribution in [1.82, 2.24) is 10.6 Å². The summed E-state index contributed by atoms with van der Waals surface area (Å²) in [5.41, 5.74) is 1.34. The average Bonchev–Trinajstić information content (AvgIpc) is 2.51. The fraction of sp³-hybridized carbons (Fsp3) is 0.235. The molecule has 2 aromatic rings. The van der Waals surface area contributed by atoms with Gasteiger partial charge in [0.2, 0.25) is 5.91 Å². The predicted octanol–water partition coefficient (Wildman–Crippen LogP) is 2.93. The molecule has 22 heavy (non-hydrogen) atoms. The summed E-state index contributed by atoms with van der Waals surface area (Å²) in [6.07, 6.45) is 0. The van der Waals surface area contributed by atoms with E-state index in [1.807, 2.05) is 30.3 Å². The molecule has 0 bridgehead atoms. The zero-order chi connectivity index (χ0) is 15.9. The molecule has 2 rings (SSSR count). The number of hydrogen-bond acceptors (Lipinski definition) is 2. The first-order valence-corrected chi connectivity index (χ1v) is 7.05. The molecule has 116 valence electrons. The molecule has 0 saturated carbocycles. The SMILES string of the molecule is C[C@H](NCC(=O)NCc1ccccc1)c1ccc(F)cc1F. The molecule has 0 radical (unpaired) electrons. The number of carbonyl (C=O) groups is 1. The van der Waals surface area contributed by atoms with E-state index in [1.54, 1.807) is 6.92 Å². The van der Waals surface area contributed by atoms with Crippen molar-refractivity contribution in [2.75, 3.05) is 6.54 Å². The van der Waals surface area contributed by atoms with Gasteiger partial charge in [-0.1, -0.05) is 36.4 Å². The number of amides is 1. The molecule has 0 aliphatic rings. The second-order valence-electron chi connectivity index (χ2n) is 5.03. The Kier molecular flexibility index (Phi) is 5.61. The number of halogens is 2. The summed E-state index contributed by atoms with van der Waals surface area (Å²) in [4.78, 5) is 11.8. The topological polar surface area (TPSA) is 41.1 Å². The first-order valence-electron chi connectivity index (χ1n) is 7.05. The fourth-order valence-electron chi connectivity index (χ4n) is 2.07. The van der Waals surface area contributed by atoms with Gasteiger partial charge in [-0.15, -0.1) is 0 Å². The zero-order valence-corrected chi connectivity index (χ0v) is 12.3. The van der Waals surface area contributed by atoms with E-state index in [9.17, 15) is 13.6 Å². The van der Waals surface area contributed by atoms with E-state index >= 15 is 0 Å². The largest absolute Gasteiger partial charge is 0.351 e. The van der Waals surface area contributed by atoms with Gasteiger partial charge in [0.15, 0.2) is 0 Å². The van der Waals surface area contributed by atoms with Crippen LogP contribution in [0.2, 0.25) is 0 Å². The van der Waals surface area contributed by atoms with Crippen molar-refractivity contribution in [2.24, 2.45) is 0 Å². The zero-order valence-electron chi connectivity index (χ0n) is 12.3. The Labute approximate surface area is 128 Å². The van der Waals surface area contributed by atoms with Crippen molar-refractivity contribution in [3.05, 3.63) is 71.3 Å². The second-order valence-corrected chi connectivity index (χ2v) is 5.03. The summed E-state index contributed by atoms with van der Waals surface area (Å²) >= 11 is 0. The van der Waals surface area contributed by atoms with Crippen LogP contribution < -0.4 is 10.6 Å². The molecule has 1 atom stereocenters. The van der Waals surface area contributed by atoms with Crippen molar-refractivity contribution in [3.8, 4) is 0 Å². The normalized spacial score (nSPS) is 12.0. The first-order chi connectivity index (χ1) is 10.6. The molecule has 0 aliphatic carbocycles. The standard InChI is InChI=1S/C17H18F2N2O/c1-12(15-8-7-14(18)9-16(15)19)20-11-17(22)21-10-13-5-3-2-4-6-13/h2-9,12,20H,10-11H2,1H3,(H,21,22)/t12-/m0/s1. The average molecular weight is 304 g/mol. The Morgan fingerprint density at radius 1 is 1.14 bits per heavy atom. The van der Waals surface area contributed by atoms with Crippen LogP contribution >= 0.6 is 0 Å². The lowest BCUT2D eigenvalue weighted by atomic mass is 10.1. The van der Waals surface area contributed by atoms with Gasteiger partial charge in [0.05, 0.1) is 6.54 Å². The lowest BCUT2D eigenvalue weighted by Gasteiger charge is -2.15. The van der Waals surface area contributed by atoms with Crippen LogP contribution in [0.25, 0.3) is 0 Å². The number of rotatable bonds is 6. The van der Waals surface area contributed by atoms with Gasteiger partial charge in [0, 0.05) is 24.2 Å². The highest BCUT2D eigenvalue weighted by Gasteiger charge is 2.12. The lowest BCUT2D eigenvalue weighted by molar-refractivity contribution is -0.120. The highest BCUT2D eigenvalue weighted by Crippen LogP contribution is 2.17. The summed E-state index contributed by atoms with van der Waals surface area (Å²) in [5.74, 6) is -1.42. The molecular weight excluding hydrogens is 286 g/mol. The van der Waals surface area contributed by atoms with E-state index in [-0.39, 0.29) is 18.5 Å². The van der Waals surface area contributed by atoms with Crippen molar-refractivity contribution in [2.45, 2.75) is 19.5 Å².